The highest BCUT2D eigenvalue weighted by molar-refractivity contribution is 5.94. The van der Waals surface area contributed by atoms with E-state index in [-0.39, 0.29) is 11.9 Å². The number of aromatic amines is 1. The molecule has 6 heteroatoms. The van der Waals surface area contributed by atoms with Crippen LogP contribution in [0.5, 0.6) is 0 Å². The number of furan rings is 1. The van der Waals surface area contributed by atoms with Crippen LogP contribution in [-0.4, -0.2) is 41.6 Å². The molecule has 0 bridgehead atoms. The van der Waals surface area contributed by atoms with E-state index in [1.807, 2.05) is 68.4 Å². The molecule has 0 unspecified atom stereocenters. The van der Waals surface area contributed by atoms with Gasteiger partial charge in [0, 0.05) is 18.3 Å². The average Bonchev–Trinajstić information content (AvgIpc) is 3.27. The maximum Gasteiger partial charge on any atom is 0.251 e. The van der Waals surface area contributed by atoms with Crippen LogP contribution in [0.2, 0.25) is 0 Å². The zero-order valence-corrected chi connectivity index (χ0v) is 14.6. The lowest BCUT2D eigenvalue weighted by molar-refractivity contribution is 0.0939. The van der Waals surface area contributed by atoms with Crippen LogP contribution in [0.1, 0.15) is 27.9 Å². The van der Waals surface area contributed by atoms with Gasteiger partial charge in [0.2, 0.25) is 0 Å². The van der Waals surface area contributed by atoms with Gasteiger partial charge in [-0.05, 0) is 56.9 Å². The fourth-order valence-electron chi connectivity index (χ4n) is 2.68. The van der Waals surface area contributed by atoms with Gasteiger partial charge in [0.05, 0.1) is 11.7 Å². The van der Waals surface area contributed by atoms with Gasteiger partial charge in [0.1, 0.15) is 11.5 Å². The lowest BCUT2D eigenvalue weighted by Crippen LogP contribution is -2.34. The van der Waals surface area contributed by atoms with Crippen LogP contribution in [0, 0.1) is 6.92 Å². The van der Waals surface area contributed by atoms with E-state index in [0.29, 0.717) is 12.1 Å². The van der Waals surface area contributed by atoms with E-state index in [2.05, 4.69) is 15.5 Å². The molecule has 1 aromatic carbocycles. The van der Waals surface area contributed by atoms with E-state index in [9.17, 15) is 4.79 Å². The van der Waals surface area contributed by atoms with E-state index in [4.69, 9.17) is 4.42 Å². The second-order valence-corrected chi connectivity index (χ2v) is 6.19. The van der Waals surface area contributed by atoms with Crippen LogP contribution < -0.4 is 5.32 Å². The molecular weight excluding hydrogens is 316 g/mol. The van der Waals surface area contributed by atoms with Crippen LogP contribution in [0.25, 0.3) is 11.3 Å². The van der Waals surface area contributed by atoms with Gasteiger partial charge in [-0.15, -0.1) is 0 Å². The number of H-pyrrole nitrogens is 1. The summed E-state index contributed by atoms with van der Waals surface area (Å²) in [6, 6.07) is 13.2. The summed E-state index contributed by atoms with van der Waals surface area (Å²) < 4.78 is 5.70. The number of nitrogens with zero attached hydrogens (tertiary/aromatic N) is 2. The number of hydrogen-bond acceptors (Lipinski definition) is 4. The second kappa shape index (κ2) is 7.36. The minimum Gasteiger partial charge on any atom is -0.465 e. The molecule has 0 radical (unpaired) electrons. The van der Waals surface area contributed by atoms with Crippen molar-refractivity contribution in [2.24, 2.45) is 0 Å². The Labute approximate surface area is 146 Å². The van der Waals surface area contributed by atoms with Gasteiger partial charge in [-0.3, -0.25) is 14.8 Å². The molecule has 0 fully saturated rings. The van der Waals surface area contributed by atoms with E-state index in [0.717, 1.165) is 22.8 Å². The molecule has 2 heterocycles. The summed E-state index contributed by atoms with van der Waals surface area (Å²) in [5.74, 6) is 1.60. The van der Waals surface area contributed by atoms with Crippen molar-refractivity contribution in [3.05, 3.63) is 65.7 Å². The first-order valence-corrected chi connectivity index (χ1v) is 8.15. The van der Waals surface area contributed by atoms with Gasteiger partial charge in [-0.2, -0.15) is 5.10 Å². The topological polar surface area (TPSA) is 74.2 Å². The number of amides is 1. The monoisotopic (exact) mass is 338 g/mol. The van der Waals surface area contributed by atoms with Gasteiger partial charge in [0.25, 0.3) is 5.91 Å². The highest BCUT2D eigenvalue weighted by atomic mass is 16.3. The SMILES string of the molecule is Cc1ccc([C@H](CNC(=O)c2ccc(-c3ccn[nH]3)cc2)N(C)C)o1. The maximum absolute atomic E-state index is 12.4. The normalized spacial score (nSPS) is 12.3. The van der Waals surface area contributed by atoms with Crippen LogP contribution in [-0.2, 0) is 0 Å². The molecule has 0 saturated heterocycles. The summed E-state index contributed by atoms with van der Waals surface area (Å²) in [6.45, 7) is 2.39. The van der Waals surface area contributed by atoms with Gasteiger partial charge < -0.3 is 9.73 Å². The summed E-state index contributed by atoms with van der Waals surface area (Å²) in [7, 11) is 3.93. The lowest BCUT2D eigenvalue weighted by atomic mass is 10.1. The van der Waals surface area contributed by atoms with Gasteiger partial charge in [-0.25, -0.2) is 0 Å². The number of benzene rings is 1. The Kier molecular flexibility index (Phi) is 5.00. The molecule has 0 aliphatic carbocycles. The standard InChI is InChI=1S/C19H22N4O2/c1-13-4-9-18(25-13)17(23(2)3)12-20-19(24)15-7-5-14(6-8-15)16-10-11-21-22-16/h4-11,17H,12H2,1-3H3,(H,20,24)(H,21,22)/t17-/m0/s1. The number of carbonyl (C=O) groups excluding carboxylic acids is 1. The summed E-state index contributed by atoms with van der Waals surface area (Å²) in [6.07, 6.45) is 1.70. The Morgan fingerprint density at radius 3 is 2.52 bits per heavy atom. The van der Waals surface area contributed by atoms with E-state index in [1.165, 1.54) is 0 Å². The van der Waals surface area contributed by atoms with Crippen molar-refractivity contribution in [1.82, 2.24) is 20.4 Å². The number of likely N-dealkylation sites (N-methyl/N-ethyl adjacent to an activating group) is 1. The third-order valence-corrected chi connectivity index (χ3v) is 4.13. The Balaban J connectivity index is 1.65. The number of carbonyl (C=O) groups is 1. The minimum absolute atomic E-state index is 0.0121. The van der Waals surface area contributed by atoms with Gasteiger partial charge >= 0.3 is 0 Å². The van der Waals surface area contributed by atoms with Gasteiger partial charge in [-0.1, -0.05) is 12.1 Å². The summed E-state index contributed by atoms with van der Waals surface area (Å²) in [5.41, 5.74) is 2.54. The summed E-state index contributed by atoms with van der Waals surface area (Å²) in [4.78, 5) is 14.5. The smallest absolute Gasteiger partial charge is 0.251 e. The van der Waals surface area contributed by atoms with Crippen molar-refractivity contribution in [1.29, 1.82) is 0 Å². The molecule has 0 aliphatic heterocycles. The van der Waals surface area contributed by atoms with Crippen molar-refractivity contribution in [2.45, 2.75) is 13.0 Å². The first-order chi connectivity index (χ1) is 12.0. The molecule has 0 spiro atoms. The van der Waals surface area contributed by atoms with Gasteiger partial charge in [0.15, 0.2) is 0 Å². The molecule has 1 atom stereocenters. The Bertz CT molecular complexity index is 819. The largest absolute Gasteiger partial charge is 0.465 e. The predicted molar refractivity (Wildman–Crippen MR) is 96.2 cm³/mol. The highest BCUT2D eigenvalue weighted by Gasteiger charge is 2.19. The molecule has 6 nitrogen and oxygen atoms in total. The van der Waals surface area contributed by atoms with E-state index in [1.54, 1.807) is 6.20 Å². The first kappa shape index (κ1) is 17.0. The zero-order valence-electron chi connectivity index (χ0n) is 14.6. The van der Waals surface area contributed by atoms with E-state index >= 15 is 0 Å². The average molecular weight is 338 g/mol. The lowest BCUT2D eigenvalue weighted by Gasteiger charge is -2.22. The number of rotatable bonds is 6. The molecule has 0 saturated carbocycles. The third-order valence-electron chi connectivity index (χ3n) is 4.13. The third kappa shape index (κ3) is 3.97. The molecule has 130 valence electrons. The predicted octanol–water partition coefficient (Wildman–Crippen LogP) is 3.01. The maximum atomic E-state index is 12.4. The van der Waals surface area contributed by atoms with Crippen LogP contribution >= 0.6 is 0 Å². The number of aromatic nitrogens is 2. The Morgan fingerprint density at radius 2 is 1.96 bits per heavy atom. The van der Waals surface area contributed by atoms with Crippen LogP contribution in [0.3, 0.4) is 0 Å². The van der Waals surface area contributed by atoms with Crippen molar-refractivity contribution < 1.29 is 9.21 Å². The summed E-state index contributed by atoms with van der Waals surface area (Å²) in [5, 5.41) is 9.82. The quantitative estimate of drug-likeness (QED) is 0.724. The van der Waals surface area contributed by atoms with Crippen LogP contribution in [0.15, 0.2) is 53.1 Å². The van der Waals surface area contributed by atoms with Crippen molar-refractivity contribution >= 4 is 5.91 Å². The molecule has 3 rings (SSSR count). The molecule has 25 heavy (non-hydrogen) atoms. The molecular formula is C19H22N4O2. The van der Waals surface area contributed by atoms with E-state index < -0.39 is 0 Å². The highest BCUT2D eigenvalue weighted by Crippen LogP contribution is 2.20. The van der Waals surface area contributed by atoms with Crippen molar-refractivity contribution in [3.8, 4) is 11.3 Å². The fourth-order valence-corrected chi connectivity index (χ4v) is 2.68. The summed E-state index contributed by atoms with van der Waals surface area (Å²) >= 11 is 0. The number of hydrogen-bond donors (Lipinski definition) is 2. The molecule has 2 N–H and O–H groups in total. The van der Waals surface area contributed by atoms with Crippen molar-refractivity contribution in [3.63, 3.8) is 0 Å². The molecule has 1 amide bonds. The Hall–Kier alpha value is -2.86. The minimum atomic E-state index is -0.105. The number of aryl methyl sites for hydroxylation is 1. The first-order valence-electron chi connectivity index (χ1n) is 8.15. The fraction of sp³-hybridized carbons (Fsp3) is 0.263. The Morgan fingerprint density at radius 1 is 1.20 bits per heavy atom. The molecule has 3 aromatic rings. The van der Waals surface area contributed by atoms with Crippen molar-refractivity contribution in [2.75, 3.05) is 20.6 Å². The van der Waals surface area contributed by atoms with Crippen LogP contribution in [0.4, 0.5) is 0 Å². The molecule has 2 aromatic heterocycles. The second-order valence-electron chi connectivity index (χ2n) is 6.19. The number of nitrogens with one attached hydrogen (secondary N) is 2. The zero-order chi connectivity index (χ0) is 17.8. The molecule has 0 aliphatic rings.